The van der Waals surface area contributed by atoms with Gasteiger partial charge in [-0.2, -0.15) is 0 Å². The van der Waals surface area contributed by atoms with Crippen LogP contribution >= 0.6 is 0 Å². The van der Waals surface area contributed by atoms with Crippen molar-refractivity contribution in [3.8, 4) is 0 Å². The van der Waals surface area contributed by atoms with Crippen LogP contribution in [0.1, 0.15) is 23.2 Å². The van der Waals surface area contributed by atoms with Gasteiger partial charge in [0.25, 0.3) is 5.91 Å². The number of amides is 1. The molecular formula is C19H23FN2O. The molecule has 1 saturated heterocycles. The average Bonchev–Trinajstić information content (AvgIpc) is 3.18. The van der Waals surface area contributed by atoms with E-state index in [1.165, 1.54) is 31.5 Å². The first kappa shape index (κ1) is 14.9. The third-order valence-corrected chi connectivity index (χ3v) is 5.66. The van der Waals surface area contributed by atoms with Crippen LogP contribution in [0.15, 0.2) is 36.4 Å². The fourth-order valence-corrected chi connectivity index (χ4v) is 4.34. The molecular weight excluding hydrogens is 291 g/mol. The molecule has 0 unspecified atom stereocenters. The van der Waals surface area contributed by atoms with Crippen molar-refractivity contribution in [2.45, 2.75) is 12.8 Å². The lowest BCUT2D eigenvalue weighted by Gasteiger charge is -2.37. The van der Waals surface area contributed by atoms with Crippen LogP contribution < -0.4 is 0 Å². The van der Waals surface area contributed by atoms with Crippen LogP contribution in [0.5, 0.6) is 0 Å². The van der Waals surface area contributed by atoms with Gasteiger partial charge in [0.2, 0.25) is 0 Å². The number of carbonyl (C=O) groups excluding carboxylic acids is 1. The quantitative estimate of drug-likeness (QED) is 0.801. The Morgan fingerprint density at radius 3 is 2.39 bits per heavy atom. The van der Waals surface area contributed by atoms with Crippen molar-refractivity contribution in [3.63, 3.8) is 0 Å². The van der Waals surface area contributed by atoms with Gasteiger partial charge >= 0.3 is 0 Å². The summed E-state index contributed by atoms with van der Waals surface area (Å²) in [4.78, 5) is 16.8. The lowest BCUT2D eigenvalue weighted by atomic mass is 9.93. The number of hydrogen-bond donors (Lipinski definition) is 0. The highest BCUT2D eigenvalue weighted by molar-refractivity contribution is 5.94. The molecule has 2 bridgehead atoms. The highest BCUT2D eigenvalue weighted by Crippen LogP contribution is 2.43. The smallest absolute Gasteiger partial charge is 0.253 e. The van der Waals surface area contributed by atoms with Gasteiger partial charge in [-0.25, -0.2) is 4.39 Å². The number of carbonyl (C=O) groups is 1. The van der Waals surface area contributed by atoms with Crippen molar-refractivity contribution < 1.29 is 9.18 Å². The molecule has 23 heavy (non-hydrogen) atoms. The Kier molecular flexibility index (Phi) is 3.93. The minimum Gasteiger partial charge on any atom is -0.336 e. The van der Waals surface area contributed by atoms with Crippen molar-refractivity contribution in [2.24, 2.45) is 17.8 Å². The summed E-state index contributed by atoms with van der Waals surface area (Å²) in [6.07, 6.45) is 7.50. The summed E-state index contributed by atoms with van der Waals surface area (Å²) in [6, 6.07) is 5.86. The van der Waals surface area contributed by atoms with E-state index < -0.39 is 0 Å². The first-order chi connectivity index (χ1) is 11.2. The SMILES string of the molecule is O=C(c1ccc(F)cc1)N1CCN(C[C@H]2C[C@H]3C=C[C@H]2C3)CC1. The van der Waals surface area contributed by atoms with Crippen LogP contribution in [0.2, 0.25) is 0 Å². The number of fused-ring (bicyclic) bond motifs is 2. The van der Waals surface area contributed by atoms with E-state index in [-0.39, 0.29) is 11.7 Å². The van der Waals surface area contributed by atoms with E-state index in [1.54, 1.807) is 12.1 Å². The maximum Gasteiger partial charge on any atom is 0.253 e. The fourth-order valence-electron chi connectivity index (χ4n) is 4.34. The summed E-state index contributed by atoms with van der Waals surface area (Å²) >= 11 is 0. The average molecular weight is 314 g/mol. The monoisotopic (exact) mass is 314 g/mol. The number of halogens is 1. The predicted octanol–water partition coefficient (Wildman–Crippen LogP) is 2.80. The highest BCUT2D eigenvalue weighted by atomic mass is 19.1. The van der Waals surface area contributed by atoms with E-state index >= 15 is 0 Å². The second kappa shape index (κ2) is 6.08. The minimum absolute atomic E-state index is 0.0208. The highest BCUT2D eigenvalue weighted by Gasteiger charge is 2.36. The van der Waals surface area contributed by atoms with Crippen molar-refractivity contribution >= 4 is 5.91 Å². The topological polar surface area (TPSA) is 23.6 Å². The third kappa shape index (κ3) is 3.05. The van der Waals surface area contributed by atoms with Gasteiger partial charge in [-0.05, 0) is 54.9 Å². The van der Waals surface area contributed by atoms with Gasteiger partial charge in [0.15, 0.2) is 0 Å². The summed E-state index contributed by atoms with van der Waals surface area (Å²) in [5, 5.41) is 0. The zero-order valence-electron chi connectivity index (χ0n) is 13.3. The minimum atomic E-state index is -0.300. The second-order valence-corrected chi connectivity index (χ2v) is 7.14. The maximum atomic E-state index is 13.0. The summed E-state index contributed by atoms with van der Waals surface area (Å²) < 4.78 is 13.0. The van der Waals surface area contributed by atoms with Crippen LogP contribution in [0.25, 0.3) is 0 Å². The Hall–Kier alpha value is -1.68. The number of benzene rings is 1. The molecule has 1 heterocycles. The van der Waals surface area contributed by atoms with Crippen molar-refractivity contribution in [3.05, 3.63) is 47.8 Å². The van der Waals surface area contributed by atoms with Crippen molar-refractivity contribution in [2.75, 3.05) is 32.7 Å². The van der Waals surface area contributed by atoms with E-state index in [0.717, 1.165) is 43.9 Å². The summed E-state index contributed by atoms with van der Waals surface area (Å²) in [5.41, 5.74) is 0.582. The molecule has 122 valence electrons. The molecule has 1 aromatic carbocycles. The van der Waals surface area contributed by atoms with E-state index in [2.05, 4.69) is 17.1 Å². The van der Waals surface area contributed by atoms with E-state index in [1.807, 2.05) is 4.90 Å². The van der Waals surface area contributed by atoms with Crippen LogP contribution in [0, 0.1) is 23.6 Å². The summed E-state index contributed by atoms with van der Waals surface area (Å²) in [6.45, 7) is 4.61. The van der Waals surface area contributed by atoms with E-state index in [9.17, 15) is 9.18 Å². The molecule has 3 atom stereocenters. The standard InChI is InChI=1S/C19H23FN2O/c20-18-5-3-15(4-6-18)19(23)22-9-7-21(8-10-22)13-17-12-14-1-2-16(17)11-14/h1-6,14,16-17H,7-13H2/t14-,16-,17+/m0/s1. The number of allylic oxidation sites excluding steroid dienone is 2. The van der Waals surface area contributed by atoms with Gasteiger partial charge in [-0.1, -0.05) is 12.2 Å². The largest absolute Gasteiger partial charge is 0.336 e. The number of hydrogen-bond acceptors (Lipinski definition) is 2. The fraction of sp³-hybridized carbons (Fsp3) is 0.526. The molecule has 1 aliphatic heterocycles. The number of rotatable bonds is 3. The molecule has 2 aliphatic carbocycles. The Labute approximate surface area is 136 Å². The molecule has 4 rings (SSSR count). The van der Waals surface area contributed by atoms with Crippen molar-refractivity contribution in [1.82, 2.24) is 9.80 Å². The normalized spacial score (nSPS) is 30.1. The van der Waals surface area contributed by atoms with E-state index in [0.29, 0.717) is 5.56 Å². The van der Waals surface area contributed by atoms with Crippen LogP contribution in [0.3, 0.4) is 0 Å². The Balaban J connectivity index is 1.29. The molecule has 3 nitrogen and oxygen atoms in total. The van der Waals surface area contributed by atoms with Gasteiger partial charge < -0.3 is 4.90 Å². The Bertz CT molecular complexity index is 604. The lowest BCUT2D eigenvalue weighted by molar-refractivity contribution is 0.0610. The van der Waals surface area contributed by atoms with Gasteiger partial charge in [-0.3, -0.25) is 9.69 Å². The van der Waals surface area contributed by atoms with Crippen LogP contribution in [-0.4, -0.2) is 48.4 Å². The molecule has 1 aromatic rings. The van der Waals surface area contributed by atoms with Crippen molar-refractivity contribution in [1.29, 1.82) is 0 Å². The molecule has 2 fully saturated rings. The molecule has 0 radical (unpaired) electrons. The van der Waals surface area contributed by atoms with Gasteiger partial charge in [0, 0.05) is 38.3 Å². The van der Waals surface area contributed by atoms with Crippen LogP contribution in [-0.2, 0) is 0 Å². The third-order valence-electron chi connectivity index (χ3n) is 5.66. The first-order valence-electron chi connectivity index (χ1n) is 8.64. The Morgan fingerprint density at radius 1 is 1.04 bits per heavy atom. The Morgan fingerprint density at radius 2 is 1.78 bits per heavy atom. The first-order valence-corrected chi connectivity index (χ1v) is 8.64. The second-order valence-electron chi connectivity index (χ2n) is 7.14. The molecule has 0 aromatic heterocycles. The summed E-state index contributed by atoms with van der Waals surface area (Å²) in [5.74, 6) is 2.15. The predicted molar refractivity (Wildman–Crippen MR) is 87.6 cm³/mol. The van der Waals surface area contributed by atoms with Gasteiger partial charge in [-0.15, -0.1) is 0 Å². The zero-order chi connectivity index (χ0) is 15.8. The van der Waals surface area contributed by atoms with Gasteiger partial charge in [0.1, 0.15) is 5.82 Å². The van der Waals surface area contributed by atoms with Crippen LogP contribution in [0.4, 0.5) is 4.39 Å². The summed E-state index contributed by atoms with van der Waals surface area (Å²) in [7, 11) is 0. The molecule has 1 saturated carbocycles. The molecule has 0 spiro atoms. The zero-order valence-corrected chi connectivity index (χ0v) is 13.3. The molecule has 4 heteroatoms. The van der Waals surface area contributed by atoms with Gasteiger partial charge in [0.05, 0.1) is 0 Å². The van der Waals surface area contributed by atoms with E-state index in [4.69, 9.17) is 0 Å². The lowest BCUT2D eigenvalue weighted by Crippen LogP contribution is -2.50. The molecule has 1 amide bonds. The molecule has 3 aliphatic rings. The number of nitrogens with zero attached hydrogens (tertiary/aromatic N) is 2. The number of piperazine rings is 1. The molecule has 0 N–H and O–H groups in total. The maximum absolute atomic E-state index is 13.0.